The molecule has 1 heterocycles. The second-order valence-corrected chi connectivity index (χ2v) is 6.48. The zero-order valence-corrected chi connectivity index (χ0v) is 13.8. The van der Waals surface area contributed by atoms with Crippen LogP contribution < -0.4 is 10.1 Å². The molecule has 8 heteroatoms. The number of benzene rings is 1. The Morgan fingerprint density at radius 3 is 2.54 bits per heavy atom. The van der Waals surface area contributed by atoms with Crippen LogP contribution in [0.5, 0.6) is 5.75 Å². The Morgan fingerprint density at radius 2 is 1.92 bits per heavy atom. The van der Waals surface area contributed by atoms with Gasteiger partial charge in [-0.15, -0.1) is 13.2 Å². The van der Waals surface area contributed by atoms with Crippen molar-refractivity contribution in [2.75, 3.05) is 19.6 Å². The SMILES string of the molecule is CC(C)(C)OC(=O)N1CCNC[C@@H]1c1ccccc1OC(F)(F)F. The van der Waals surface area contributed by atoms with Crippen LogP contribution >= 0.6 is 0 Å². The molecular formula is C16H21F3N2O3. The highest BCUT2D eigenvalue weighted by Crippen LogP contribution is 2.34. The summed E-state index contributed by atoms with van der Waals surface area (Å²) in [6, 6.07) is 5.23. The van der Waals surface area contributed by atoms with Gasteiger partial charge in [-0.3, -0.25) is 4.90 Å². The number of piperazine rings is 1. The van der Waals surface area contributed by atoms with Crippen LogP contribution in [0.1, 0.15) is 32.4 Å². The molecule has 0 radical (unpaired) electrons. The predicted molar refractivity (Wildman–Crippen MR) is 81.7 cm³/mol. The predicted octanol–water partition coefficient (Wildman–Crippen LogP) is 3.47. The molecule has 0 unspecified atom stereocenters. The molecule has 0 spiro atoms. The van der Waals surface area contributed by atoms with Crippen molar-refractivity contribution in [1.82, 2.24) is 10.2 Å². The molecule has 24 heavy (non-hydrogen) atoms. The van der Waals surface area contributed by atoms with E-state index in [0.29, 0.717) is 19.6 Å². The molecule has 1 amide bonds. The van der Waals surface area contributed by atoms with Crippen LogP contribution in [0.3, 0.4) is 0 Å². The molecule has 1 fully saturated rings. The fraction of sp³-hybridized carbons (Fsp3) is 0.562. The van der Waals surface area contributed by atoms with Gasteiger partial charge in [0, 0.05) is 25.2 Å². The molecule has 1 saturated heterocycles. The van der Waals surface area contributed by atoms with Crippen molar-refractivity contribution >= 4 is 6.09 Å². The topological polar surface area (TPSA) is 50.8 Å². The minimum absolute atomic E-state index is 0.285. The quantitative estimate of drug-likeness (QED) is 0.891. The maximum Gasteiger partial charge on any atom is 0.573 e. The average molecular weight is 346 g/mol. The highest BCUT2D eigenvalue weighted by molar-refractivity contribution is 5.69. The van der Waals surface area contributed by atoms with Crippen LogP contribution in [-0.2, 0) is 4.74 Å². The number of hydrogen-bond acceptors (Lipinski definition) is 4. The first-order valence-electron chi connectivity index (χ1n) is 7.62. The molecule has 1 aromatic rings. The Morgan fingerprint density at radius 1 is 1.25 bits per heavy atom. The first-order valence-corrected chi connectivity index (χ1v) is 7.62. The van der Waals surface area contributed by atoms with E-state index >= 15 is 0 Å². The lowest BCUT2D eigenvalue weighted by Crippen LogP contribution is -2.50. The minimum atomic E-state index is -4.80. The first-order chi connectivity index (χ1) is 11.1. The zero-order chi connectivity index (χ0) is 18.0. The van der Waals surface area contributed by atoms with Crippen molar-refractivity contribution < 1.29 is 27.4 Å². The fourth-order valence-corrected chi connectivity index (χ4v) is 2.49. The smallest absolute Gasteiger partial charge is 0.444 e. The maximum absolute atomic E-state index is 12.6. The molecule has 0 saturated carbocycles. The van der Waals surface area contributed by atoms with Gasteiger partial charge < -0.3 is 14.8 Å². The Bertz CT molecular complexity index is 585. The van der Waals surface area contributed by atoms with E-state index in [0.717, 1.165) is 0 Å². The van der Waals surface area contributed by atoms with Crippen molar-refractivity contribution in [3.8, 4) is 5.75 Å². The molecule has 1 N–H and O–H groups in total. The van der Waals surface area contributed by atoms with Crippen molar-refractivity contribution in [3.63, 3.8) is 0 Å². The number of ether oxygens (including phenoxy) is 2. The number of nitrogens with zero attached hydrogens (tertiary/aromatic N) is 1. The molecule has 1 aliphatic heterocycles. The summed E-state index contributed by atoms with van der Waals surface area (Å²) in [5.41, 5.74) is -0.401. The molecule has 1 atom stereocenters. The van der Waals surface area contributed by atoms with Crippen LogP contribution in [0, 0.1) is 0 Å². The number of rotatable bonds is 2. The van der Waals surface area contributed by atoms with Gasteiger partial charge in [-0.25, -0.2) is 4.79 Å². The number of halogens is 3. The van der Waals surface area contributed by atoms with Crippen molar-refractivity contribution in [1.29, 1.82) is 0 Å². The highest BCUT2D eigenvalue weighted by Gasteiger charge is 2.36. The first kappa shape index (κ1) is 18.4. The van der Waals surface area contributed by atoms with E-state index in [2.05, 4.69) is 10.1 Å². The van der Waals surface area contributed by atoms with Crippen molar-refractivity contribution in [2.45, 2.75) is 38.8 Å². The fourth-order valence-electron chi connectivity index (χ4n) is 2.49. The molecule has 2 rings (SSSR count). The molecule has 5 nitrogen and oxygen atoms in total. The van der Waals surface area contributed by atoms with Crippen LogP contribution in [0.25, 0.3) is 0 Å². The van der Waals surface area contributed by atoms with Gasteiger partial charge in [0.1, 0.15) is 11.4 Å². The molecule has 134 valence electrons. The Kier molecular flexibility index (Phi) is 5.27. The van der Waals surface area contributed by atoms with E-state index in [4.69, 9.17) is 4.74 Å². The number of carbonyl (C=O) groups excluding carboxylic acids is 1. The summed E-state index contributed by atoms with van der Waals surface area (Å²) in [5.74, 6) is -0.313. The lowest BCUT2D eigenvalue weighted by Gasteiger charge is -2.37. The van der Waals surface area contributed by atoms with Crippen molar-refractivity contribution in [3.05, 3.63) is 29.8 Å². The average Bonchev–Trinajstić information content (AvgIpc) is 2.44. The summed E-state index contributed by atoms with van der Waals surface area (Å²) in [6.07, 6.45) is -5.36. The van der Waals surface area contributed by atoms with Crippen LogP contribution in [-0.4, -0.2) is 42.6 Å². The number of hydrogen-bond donors (Lipinski definition) is 1. The van der Waals surface area contributed by atoms with Crippen LogP contribution in [0.15, 0.2) is 24.3 Å². The monoisotopic (exact) mass is 346 g/mol. The molecule has 0 bridgehead atoms. The Hall–Kier alpha value is -1.96. The van der Waals surface area contributed by atoms with Gasteiger partial charge in [-0.2, -0.15) is 0 Å². The van der Waals surface area contributed by atoms with E-state index in [1.807, 2.05) is 0 Å². The number of para-hydroxylation sites is 1. The molecule has 0 aliphatic carbocycles. The third-order valence-electron chi connectivity index (χ3n) is 3.38. The minimum Gasteiger partial charge on any atom is -0.444 e. The van der Waals surface area contributed by atoms with Gasteiger partial charge in [0.2, 0.25) is 0 Å². The molecular weight excluding hydrogens is 325 g/mol. The lowest BCUT2D eigenvalue weighted by atomic mass is 10.0. The molecule has 0 aromatic heterocycles. The largest absolute Gasteiger partial charge is 0.573 e. The van der Waals surface area contributed by atoms with E-state index in [1.165, 1.54) is 23.1 Å². The van der Waals surface area contributed by atoms with E-state index in [-0.39, 0.29) is 11.3 Å². The van der Waals surface area contributed by atoms with E-state index in [1.54, 1.807) is 26.8 Å². The van der Waals surface area contributed by atoms with Crippen molar-refractivity contribution in [2.24, 2.45) is 0 Å². The standard InChI is InChI=1S/C16H21F3N2O3/c1-15(2,3)24-14(22)21-9-8-20-10-12(21)11-6-4-5-7-13(11)23-16(17,18)19/h4-7,12,20H,8-10H2,1-3H3/t12-/m1/s1. The summed E-state index contributed by atoms with van der Waals surface area (Å²) in [4.78, 5) is 13.8. The number of alkyl halides is 3. The van der Waals surface area contributed by atoms with Gasteiger partial charge >= 0.3 is 12.5 Å². The van der Waals surface area contributed by atoms with Crippen LogP contribution in [0.4, 0.5) is 18.0 Å². The summed E-state index contributed by atoms with van der Waals surface area (Å²) >= 11 is 0. The lowest BCUT2D eigenvalue weighted by molar-refractivity contribution is -0.275. The Labute approximate surface area is 138 Å². The summed E-state index contributed by atoms with van der Waals surface area (Å²) in [6.45, 7) is 6.41. The van der Waals surface area contributed by atoms with Gasteiger partial charge in [0.05, 0.1) is 6.04 Å². The zero-order valence-electron chi connectivity index (χ0n) is 13.8. The van der Waals surface area contributed by atoms with Crippen LogP contribution in [0.2, 0.25) is 0 Å². The third-order valence-corrected chi connectivity index (χ3v) is 3.38. The van der Waals surface area contributed by atoms with E-state index < -0.39 is 24.1 Å². The van der Waals surface area contributed by atoms with E-state index in [9.17, 15) is 18.0 Å². The summed E-state index contributed by atoms with van der Waals surface area (Å²) in [7, 11) is 0. The summed E-state index contributed by atoms with van der Waals surface area (Å²) in [5, 5.41) is 3.08. The van der Waals surface area contributed by atoms with Gasteiger partial charge in [0.25, 0.3) is 0 Å². The van der Waals surface area contributed by atoms with Gasteiger partial charge in [-0.05, 0) is 26.8 Å². The highest BCUT2D eigenvalue weighted by atomic mass is 19.4. The summed E-state index contributed by atoms with van der Waals surface area (Å²) < 4.78 is 47.3. The Balaban J connectivity index is 2.29. The second kappa shape index (κ2) is 6.88. The second-order valence-electron chi connectivity index (χ2n) is 6.48. The number of nitrogens with one attached hydrogen (secondary N) is 1. The number of carbonyl (C=O) groups is 1. The maximum atomic E-state index is 12.6. The third kappa shape index (κ3) is 5.02. The number of amides is 1. The van der Waals surface area contributed by atoms with Gasteiger partial charge in [0.15, 0.2) is 0 Å². The van der Waals surface area contributed by atoms with Gasteiger partial charge in [-0.1, -0.05) is 18.2 Å². The molecule has 1 aromatic carbocycles. The normalized spacial score (nSPS) is 19.1. The molecule has 1 aliphatic rings.